The number of alkyl carbamates (subject to hydrolysis) is 1. The van der Waals surface area contributed by atoms with E-state index in [0.717, 1.165) is 6.92 Å². The molecule has 16 nitrogen and oxygen atoms in total. The number of carbonyl (C=O) groups is 6. The second kappa shape index (κ2) is 18.2. The molecule has 13 atom stereocenters. The molecule has 3 unspecified atom stereocenters. The fourth-order valence-electron chi connectivity index (χ4n) is 10.7. The Labute approximate surface area is 373 Å². The summed E-state index contributed by atoms with van der Waals surface area (Å²) in [7, 11) is 0. The predicted octanol–water partition coefficient (Wildman–Crippen LogP) is 4.94. The Morgan fingerprint density at radius 3 is 2.14 bits per heavy atom. The summed E-state index contributed by atoms with van der Waals surface area (Å²) in [5.74, 6) is -8.14. The number of hydrogen-bond donors (Lipinski definition) is 4. The lowest BCUT2D eigenvalue weighted by molar-refractivity contribution is -0.355. The Hall–Kier alpha value is -4.90. The van der Waals surface area contributed by atoms with E-state index >= 15 is 4.79 Å². The number of carbonyl (C=O) groups excluding carboxylic acids is 6. The molecule has 2 aromatic carbocycles. The fourth-order valence-corrected chi connectivity index (χ4v) is 10.7. The van der Waals surface area contributed by atoms with Gasteiger partial charge in [-0.3, -0.25) is 14.4 Å². The van der Waals surface area contributed by atoms with E-state index in [1.807, 2.05) is 6.92 Å². The van der Waals surface area contributed by atoms with E-state index in [-0.39, 0.29) is 25.0 Å². The van der Waals surface area contributed by atoms with Crippen LogP contribution in [0.25, 0.3) is 0 Å². The summed E-state index contributed by atoms with van der Waals surface area (Å²) in [6, 6.07) is 14.8. The third kappa shape index (κ3) is 8.78. The highest BCUT2D eigenvalue weighted by molar-refractivity contribution is 5.92. The van der Waals surface area contributed by atoms with E-state index in [4.69, 9.17) is 28.4 Å². The first-order chi connectivity index (χ1) is 29.9. The van der Waals surface area contributed by atoms with Crippen LogP contribution >= 0.6 is 0 Å². The maximum Gasteiger partial charge on any atom is 0.408 e. The molecular formula is C48H63NO15. The molecule has 2 aromatic rings. The Kier molecular flexibility index (Phi) is 13.8. The third-order valence-corrected chi connectivity index (χ3v) is 14.1. The first kappa shape index (κ1) is 48.6. The van der Waals surface area contributed by atoms with Crippen molar-refractivity contribution < 1.29 is 72.5 Å². The van der Waals surface area contributed by atoms with Crippen LogP contribution in [0.1, 0.15) is 116 Å². The summed E-state index contributed by atoms with van der Waals surface area (Å²) in [6.45, 7) is 14.0. The number of fused-ring (bicyclic) bond motifs is 5. The lowest BCUT2D eigenvalue weighted by atomic mass is 9.42. The van der Waals surface area contributed by atoms with Crippen molar-refractivity contribution in [2.45, 2.75) is 154 Å². The number of nitrogens with one attached hydrogen (secondary N) is 1. The van der Waals surface area contributed by atoms with Crippen LogP contribution in [-0.4, -0.2) is 111 Å². The van der Waals surface area contributed by atoms with Crippen LogP contribution in [0.5, 0.6) is 0 Å². The van der Waals surface area contributed by atoms with E-state index in [1.54, 1.807) is 90.1 Å². The van der Waals surface area contributed by atoms with Crippen molar-refractivity contribution in [1.29, 1.82) is 0 Å². The maximum atomic E-state index is 15.2. The van der Waals surface area contributed by atoms with Crippen molar-refractivity contribution in [2.75, 3.05) is 6.61 Å². The van der Waals surface area contributed by atoms with Gasteiger partial charge in [-0.25, -0.2) is 14.4 Å². The standard InChI is InChI=1S/C48H63NO15/c1-10-11-22-33(52)61-37(35(28-18-14-12-15-19-28)49-43(57)64-44(4,5)6)42(56)60-30-24-48(58)40(62-41(55)29-20-16-13-17-21-29)38-46(9,39(54)36(53)34(26(30)2)45(48,7)8)31(51)23-32-47(38,25-59-32)63-27(3)50/h12-21,26,30-32,34-38,40,51,53,58H,10-11,22-25H2,1-9H3,(H,49,57)/t26?,30-,31-,32+,34?,35-,36+,37+,38?,40-,46+,47-,48+/m0/s1. The molecule has 1 saturated heterocycles. The van der Waals surface area contributed by atoms with Crippen LogP contribution in [-0.2, 0) is 47.6 Å². The number of esters is 4. The van der Waals surface area contributed by atoms with Crippen LogP contribution in [0.15, 0.2) is 60.7 Å². The quantitative estimate of drug-likeness (QED) is 0.163. The second-order valence-corrected chi connectivity index (χ2v) is 19.6. The van der Waals surface area contributed by atoms with Crippen molar-refractivity contribution in [3.8, 4) is 0 Å². The molecular weight excluding hydrogens is 831 g/mol. The van der Waals surface area contributed by atoms with Gasteiger partial charge in [0.05, 0.1) is 29.6 Å². The molecule has 1 heterocycles. The Bertz CT molecular complexity index is 2070. The molecule has 350 valence electrons. The Balaban J connectivity index is 1.50. The van der Waals surface area contributed by atoms with Crippen LogP contribution < -0.4 is 5.32 Å². The van der Waals surface area contributed by atoms with Gasteiger partial charge < -0.3 is 49.1 Å². The van der Waals surface area contributed by atoms with E-state index < -0.39 is 130 Å². The zero-order chi connectivity index (χ0) is 47.2. The average molecular weight is 894 g/mol. The van der Waals surface area contributed by atoms with Gasteiger partial charge in [0.15, 0.2) is 11.4 Å². The first-order valence-electron chi connectivity index (χ1n) is 22.1. The Morgan fingerprint density at radius 1 is 0.953 bits per heavy atom. The molecule has 1 amide bonds. The highest BCUT2D eigenvalue weighted by Gasteiger charge is 2.79. The number of ketones is 1. The van der Waals surface area contributed by atoms with Gasteiger partial charge in [0, 0.05) is 37.5 Å². The summed E-state index contributed by atoms with van der Waals surface area (Å²) in [4.78, 5) is 84.1. The molecule has 0 aromatic heterocycles. The molecule has 3 saturated carbocycles. The molecule has 2 bridgehead atoms. The van der Waals surface area contributed by atoms with E-state index in [2.05, 4.69) is 5.32 Å². The average Bonchev–Trinajstić information content (AvgIpc) is 3.22. The van der Waals surface area contributed by atoms with E-state index in [0.29, 0.717) is 18.4 Å². The second-order valence-electron chi connectivity index (χ2n) is 19.6. The highest BCUT2D eigenvalue weighted by Crippen LogP contribution is 2.65. The van der Waals surface area contributed by atoms with Crippen LogP contribution in [0.4, 0.5) is 4.79 Å². The fraction of sp³-hybridized carbons (Fsp3) is 0.625. The lowest BCUT2D eigenvalue weighted by Crippen LogP contribution is -2.83. The van der Waals surface area contributed by atoms with Crippen LogP contribution in [0.2, 0.25) is 0 Å². The van der Waals surface area contributed by atoms with Crippen molar-refractivity contribution in [1.82, 2.24) is 5.32 Å². The number of unbranched alkanes of at least 4 members (excludes halogenated alkanes) is 1. The number of hydrogen-bond acceptors (Lipinski definition) is 15. The predicted molar refractivity (Wildman–Crippen MR) is 227 cm³/mol. The SMILES string of the molecule is CCCCC(=O)O[C@@H](C(=O)O[C@H]1C[C@@]2(O)[C@@H](OC(=O)c3ccccc3)C3[C@](C)(C(=O)[C@H](O)C(C1C)C2(C)C)[C@@H](O)C[C@H]1OC[C@@]31OC(C)=O)[C@@H](NC(=O)OC(C)(C)C)c1ccccc1. The summed E-state index contributed by atoms with van der Waals surface area (Å²) in [5, 5.41) is 40.8. The van der Waals surface area contributed by atoms with E-state index in [9.17, 15) is 39.3 Å². The number of ether oxygens (including phenoxy) is 6. The largest absolute Gasteiger partial charge is 0.459 e. The minimum atomic E-state index is -2.33. The van der Waals surface area contributed by atoms with Gasteiger partial charge >= 0.3 is 30.0 Å². The molecule has 4 N–H and O–H groups in total. The summed E-state index contributed by atoms with van der Waals surface area (Å²) < 4.78 is 36.1. The van der Waals surface area contributed by atoms with Crippen LogP contribution in [0, 0.1) is 28.6 Å². The Morgan fingerprint density at radius 2 is 1.58 bits per heavy atom. The number of benzene rings is 2. The number of aliphatic hydroxyl groups is 3. The summed E-state index contributed by atoms with van der Waals surface area (Å²) in [5.41, 5.74) is -8.13. The molecule has 0 radical (unpaired) electrons. The van der Waals surface area contributed by atoms with Crippen molar-refractivity contribution in [2.24, 2.45) is 28.6 Å². The molecule has 4 fully saturated rings. The molecule has 16 heteroatoms. The molecule has 6 rings (SSSR count). The highest BCUT2D eigenvalue weighted by atomic mass is 16.6. The third-order valence-electron chi connectivity index (χ3n) is 14.1. The van der Waals surface area contributed by atoms with Gasteiger partial charge in [-0.2, -0.15) is 0 Å². The number of Topliss-reactive ketones (excluding diaryl/α,β-unsaturated/α-hetero) is 1. The van der Waals surface area contributed by atoms with Crippen molar-refractivity contribution in [3.63, 3.8) is 0 Å². The molecule has 64 heavy (non-hydrogen) atoms. The van der Waals surface area contributed by atoms with Gasteiger partial charge in [0.1, 0.15) is 41.7 Å². The number of amides is 1. The smallest absolute Gasteiger partial charge is 0.408 e. The van der Waals surface area contributed by atoms with Crippen molar-refractivity contribution >= 4 is 35.8 Å². The normalized spacial score (nSPS) is 33.8. The first-order valence-corrected chi connectivity index (χ1v) is 22.1. The van der Waals surface area contributed by atoms with Gasteiger partial charge in [-0.05, 0) is 57.7 Å². The van der Waals surface area contributed by atoms with Crippen LogP contribution in [0.3, 0.4) is 0 Å². The molecule has 3 aliphatic carbocycles. The summed E-state index contributed by atoms with van der Waals surface area (Å²) >= 11 is 0. The number of aliphatic hydroxyl groups excluding tert-OH is 2. The van der Waals surface area contributed by atoms with Gasteiger partial charge in [0.2, 0.25) is 6.10 Å². The number of rotatable bonds is 12. The maximum absolute atomic E-state index is 15.2. The zero-order valence-electron chi connectivity index (χ0n) is 38.0. The zero-order valence-corrected chi connectivity index (χ0v) is 38.0. The molecule has 1 aliphatic heterocycles. The van der Waals surface area contributed by atoms with Gasteiger partial charge in [-0.15, -0.1) is 0 Å². The van der Waals surface area contributed by atoms with Crippen molar-refractivity contribution in [3.05, 3.63) is 71.8 Å². The molecule has 0 spiro atoms. The van der Waals surface area contributed by atoms with E-state index in [1.165, 1.54) is 19.1 Å². The molecule has 4 aliphatic rings. The van der Waals surface area contributed by atoms with Gasteiger partial charge in [-0.1, -0.05) is 82.6 Å². The topological polar surface area (TPSA) is 231 Å². The minimum Gasteiger partial charge on any atom is -0.459 e. The monoisotopic (exact) mass is 893 g/mol. The van der Waals surface area contributed by atoms with Gasteiger partial charge in [0.25, 0.3) is 0 Å². The summed E-state index contributed by atoms with van der Waals surface area (Å²) in [6.07, 6.45) is -10.0. The minimum absolute atomic E-state index is 0.0619. The lowest BCUT2D eigenvalue weighted by Gasteiger charge is -2.68.